The quantitative estimate of drug-likeness (QED) is 0.601. The number of rotatable bonds is 6. The van der Waals surface area contributed by atoms with E-state index in [0.717, 1.165) is 11.3 Å². The Bertz CT molecular complexity index is 866. The van der Waals surface area contributed by atoms with Crippen LogP contribution >= 0.6 is 23.2 Å². The van der Waals surface area contributed by atoms with Crippen molar-refractivity contribution in [2.45, 2.75) is 6.61 Å². The van der Waals surface area contributed by atoms with Crippen LogP contribution in [0.5, 0.6) is 5.75 Å². The highest BCUT2D eigenvalue weighted by molar-refractivity contribution is 6.35. The summed E-state index contributed by atoms with van der Waals surface area (Å²) in [6.07, 6.45) is 3.46. The molecule has 0 saturated heterocycles. The minimum absolute atomic E-state index is 0.114. The number of esters is 1. The molecule has 25 heavy (non-hydrogen) atoms. The topological polar surface area (TPSA) is 53.4 Å². The Morgan fingerprint density at radius 1 is 1.12 bits per heavy atom. The van der Waals surface area contributed by atoms with Gasteiger partial charge in [0.2, 0.25) is 0 Å². The molecule has 0 bridgehead atoms. The molecule has 0 saturated carbocycles. The molecule has 0 fully saturated rings. The molecule has 3 rings (SSSR count). The van der Waals surface area contributed by atoms with Crippen molar-refractivity contribution in [2.24, 2.45) is 0 Å². The van der Waals surface area contributed by atoms with Crippen LogP contribution in [0.4, 0.5) is 0 Å². The van der Waals surface area contributed by atoms with Crippen LogP contribution in [-0.4, -0.2) is 22.4 Å². The molecule has 0 aliphatic carbocycles. The first-order chi connectivity index (χ1) is 12.1. The second kappa shape index (κ2) is 8.05. The number of ether oxygens (including phenoxy) is 2. The summed E-state index contributed by atoms with van der Waals surface area (Å²) in [5, 5.41) is 5.08. The molecule has 3 aromatic rings. The lowest BCUT2D eigenvalue weighted by Crippen LogP contribution is -2.14. The summed E-state index contributed by atoms with van der Waals surface area (Å²) in [7, 11) is 0. The molecule has 0 radical (unpaired) electrons. The third-order valence-corrected chi connectivity index (χ3v) is 3.83. The molecule has 1 aromatic heterocycles. The molecule has 0 unspecified atom stereocenters. The van der Waals surface area contributed by atoms with Gasteiger partial charge >= 0.3 is 5.97 Å². The molecule has 7 heteroatoms. The van der Waals surface area contributed by atoms with E-state index in [-0.39, 0.29) is 13.2 Å². The third kappa shape index (κ3) is 4.75. The molecule has 0 atom stereocenters. The van der Waals surface area contributed by atoms with Gasteiger partial charge < -0.3 is 9.47 Å². The van der Waals surface area contributed by atoms with Gasteiger partial charge in [-0.05, 0) is 30.3 Å². The summed E-state index contributed by atoms with van der Waals surface area (Å²) in [6.45, 7) is -0.127. The minimum atomic E-state index is -0.501. The van der Waals surface area contributed by atoms with Crippen molar-refractivity contribution >= 4 is 29.2 Å². The predicted octanol–water partition coefficient (Wildman–Crippen LogP) is 4.30. The van der Waals surface area contributed by atoms with E-state index in [4.69, 9.17) is 32.7 Å². The van der Waals surface area contributed by atoms with E-state index in [9.17, 15) is 4.79 Å². The van der Waals surface area contributed by atoms with Crippen molar-refractivity contribution in [1.82, 2.24) is 9.78 Å². The Kier molecular flexibility index (Phi) is 5.58. The molecule has 0 aliphatic heterocycles. The first-order valence-corrected chi connectivity index (χ1v) is 8.20. The summed E-state index contributed by atoms with van der Waals surface area (Å²) < 4.78 is 12.2. The largest absolute Gasteiger partial charge is 0.480 e. The smallest absolute Gasteiger partial charge is 0.344 e. The van der Waals surface area contributed by atoms with Crippen LogP contribution in [0.3, 0.4) is 0 Å². The highest BCUT2D eigenvalue weighted by Gasteiger charge is 2.09. The lowest BCUT2D eigenvalue weighted by atomic mass is 10.3. The predicted molar refractivity (Wildman–Crippen MR) is 95.3 cm³/mol. The standard InChI is InChI=1S/C18H14Cl2N2O3/c19-14-6-7-17(16(20)8-14)24-12-18(23)25-11-13-9-21-22(10-13)15-4-2-1-3-5-15/h1-10H,11-12H2. The lowest BCUT2D eigenvalue weighted by Gasteiger charge is -2.08. The number of halogens is 2. The molecule has 2 aromatic carbocycles. The zero-order valence-corrected chi connectivity index (χ0v) is 14.6. The summed E-state index contributed by atoms with van der Waals surface area (Å²) in [5.41, 5.74) is 1.71. The fourth-order valence-electron chi connectivity index (χ4n) is 2.09. The molecule has 0 aliphatic rings. The number of carbonyl (C=O) groups is 1. The number of carbonyl (C=O) groups excluding carboxylic acids is 1. The van der Waals surface area contributed by atoms with Crippen molar-refractivity contribution in [1.29, 1.82) is 0 Å². The molecule has 5 nitrogen and oxygen atoms in total. The average Bonchev–Trinajstić information content (AvgIpc) is 3.09. The maximum Gasteiger partial charge on any atom is 0.344 e. The number of benzene rings is 2. The molecule has 1 heterocycles. The van der Waals surface area contributed by atoms with E-state index in [1.807, 2.05) is 30.3 Å². The summed E-state index contributed by atoms with van der Waals surface area (Å²) >= 11 is 11.8. The van der Waals surface area contributed by atoms with Gasteiger partial charge in [0.15, 0.2) is 6.61 Å². The third-order valence-electron chi connectivity index (χ3n) is 3.30. The number of nitrogens with zero attached hydrogens (tertiary/aromatic N) is 2. The summed E-state index contributed by atoms with van der Waals surface area (Å²) in [6, 6.07) is 14.4. The number of hydrogen-bond acceptors (Lipinski definition) is 4. The van der Waals surface area contributed by atoms with Crippen LogP contribution in [-0.2, 0) is 16.1 Å². The molecule has 0 spiro atoms. The molecular weight excluding hydrogens is 363 g/mol. The first kappa shape index (κ1) is 17.3. The van der Waals surface area contributed by atoms with Crippen LogP contribution in [0.1, 0.15) is 5.56 Å². The summed E-state index contributed by atoms with van der Waals surface area (Å²) in [4.78, 5) is 11.8. The van der Waals surface area contributed by atoms with Crippen molar-refractivity contribution in [3.63, 3.8) is 0 Å². The summed E-state index contributed by atoms with van der Waals surface area (Å²) in [5.74, 6) is -0.126. The number of para-hydroxylation sites is 1. The van der Waals surface area contributed by atoms with Crippen molar-refractivity contribution in [3.05, 3.63) is 76.5 Å². The van der Waals surface area contributed by atoms with E-state index in [1.165, 1.54) is 0 Å². The van der Waals surface area contributed by atoms with Gasteiger partial charge in [0.25, 0.3) is 0 Å². The number of hydrogen-bond donors (Lipinski definition) is 0. The Hall–Kier alpha value is -2.50. The van der Waals surface area contributed by atoms with E-state index in [2.05, 4.69) is 5.10 Å². The maximum atomic E-state index is 11.8. The maximum absolute atomic E-state index is 11.8. The van der Waals surface area contributed by atoms with Crippen LogP contribution < -0.4 is 4.74 Å². The highest BCUT2D eigenvalue weighted by Crippen LogP contribution is 2.27. The first-order valence-electron chi connectivity index (χ1n) is 7.44. The van der Waals surface area contributed by atoms with Crippen LogP contribution in [0.15, 0.2) is 60.9 Å². The van der Waals surface area contributed by atoms with Gasteiger partial charge in [0.05, 0.1) is 16.9 Å². The second-order valence-electron chi connectivity index (χ2n) is 5.15. The highest BCUT2D eigenvalue weighted by atomic mass is 35.5. The number of aromatic nitrogens is 2. The molecule has 0 N–H and O–H groups in total. The zero-order valence-electron chi connectivity index (χ0n) is 13.1. The van der Waals surface area contributed by atoms with Crippen molar-refractivity contribution in [3.8, 4) is 11.4 Å². The molecule has 0 amide bonds. The minimum Gasteiger partial charge on any atom is -0.480 e. The lowest BCUT2D eigenvalue weighted by molar-refractivity contribution is -0.147. The second-order valence-corrected chi connectivity index (χ2v) is 6.00. The van der Waals surface area contributed by atoms with E-state index < -0.39 is 5.97 Å². The van der Waals surface area contributed by atoms with Gasteiger partial charge in [-0.25, -0.2) is 9.48 Å². The van der Waals surface area contributed by atoms with Gasteiger partial charge in [-0.3, -0.25) is 0 Å². The Morgan fingerprint density at radius 3 is 2.68 bits per heavy atom. The fraction of sp³-hybridized carbons (Fsp3) is 0.111. The van der Waals surface area contributed by atoms with Gasteiger partial charge in [0, 0.05) is 16.8 Å². The Morgan fingerprint density at radius 2 is 1.92 bits per heavy atom. The van der Waals surface area contributed by atoms with E-state index in [0.29, 0.717) is 15.8 Å². The van der Waals surface area contributed by atoms with Crippen molar-refractivity contribution in [2.75, 3.05) is 6.61 Å². The van der Waals surface area contributed by atoms with Gasteiger partial charge in [-0.2, -0.15) is 5.10 Å². The zero-order chi connectivity index (χ0) is 17.6. The molecular formula is C18H14Cl2N2O3. The fourth-order valence-corrected chi connectivity index (χ4v) is 2.55. The SMILES string of the molecule is O=C(COc1ccc(Cl)cc1Cl)OCc1cnn(-c2ccccc2)c1. The van der Waals surface area contributed by atoms with E-state index >= 15 is 0 Å². The van der Waals surface area contributed by atoms with Gasteiger partial charge in [0.1, 0.15) is 12.4 Å². The van der Waals surface area contributed by atoms with E-state index in [1.54, 1.807) is 35.3 Å². The average molecular weight is 377 g/mol. The van der Waals surface area contributed by atoms with Crippen LogP contribution in [0, 0.1) is 0 Å². The van der Waals surface area contributed by atoms with Gasteiger partial charge in [-0.15, -0.1) is 0 Å². The monoisotopic (exact) mass is 376 g/mol. The van der Waals surface area contributed by atoms with Crippen molar-refractivity contribution < 1.29 is 14.3 Å². The van der Waals surface area contributed by atoms with Crippen LogP contribution in [0.25, 0.3) is 5.69 Å². The van der Waals surface area contributed by atoms with Crippen LogP contribution in [0.2, 0.25) is 10.0 Å². The molecule has 128 valence electrons. The Labute approximate surface area is 154 Å². The van der Waals surface area contributed by atoms with Gasteiger partial charge in [-0.1, -0.05) is 41.4 Å². The Balaban J connectivity index is 1.50. The normalized spacial score (nSPS) is 10.5.